The number of carbonyl (C=O) groups is 2. The second-order valence-electron chi connectivity index (χ2n) is 6.91. The summed E-state index contributed by atoms with van der Waals surface area (Å²) in [5, 5.41) is 7.83. The Morgan fingerprint density at radius 3 is 2.33 bits per heavy atom. The number of ether oxygens (including phenoxy) is 1. The number of nitrogens with zero attached hydrogens (tertiary/aromatic N) is 2. The molecule has 2 aromatic carbocycles. The van der Waals surface area contributed by atoms with Crippen LogP contribution in [-0.4, -0.2) is 34.3 Å². The first-order chi connectivity index (χ1) is 14.4. The van der Waals surface area contributed by atoms with Gasteiger partial charge < -0.3 is 10.1 Å². The Morgan fingerprint density at radius 2 is 1.77 bits per heavy atom. The van der Waals surface area contributed by atoms with Gasteiger partial charge in [-0.25, -0.2) is 9.48 Å². The Hall–Kier alpha value is -3.12. The van der Waals surface area contributed by atoms with Gasteiger partial charge in [0, 0.05) is 12.0 Å². The van der Waals surface area contributed by atoms with Crippen LogP contribution >= 0.6 is 11.6 Å². The van der Waals surface area contributed by atoms with Gasteiger partial charge in [0.15, 0.2) is 0 Å². The summed E-state index contributed by atoms with van der Waals surface area (Å²) in [4.78, 5) is 25.1. The molecule has 6 nitrogen and oxygen atoms in total. The van der Waals surface area contributed by atoms with Crippen molar-refractivity contribution in [1.29, 1.82) is 0 Å². The minimum atomic E-state index is -0.769. The highest BCUT2D eigenvalue weighted by Gasteiger charge is 2.23. The predicted octanol–water partition coefficient (Wildman–Crippen LogP) is 4.05. The topological polar surface area (TPSA) is 73.2 Å². The van der Waals surface area contributed by atoms with Crippen molar-refractivity contribution in [3.63, 3.8) is 0 Å². The van der Waals surface area contributed by atoms with E-state index in [4.69, 9.17) is 16.3 Å². The highest BCUT2D eigenvalue weighted by atomic mass is 35.5. The van der Waals surface area contributed by atoms with E-state index in [-0.39, 0.29) is 12.5 Å². The molecule has 0 saturated heterocycles. The van der Waals surface area contributed by atoms with Crippen LogP contribution in [0, 0.1) is 13.8 Å². The minimum absolute atomic E-state index is 0.250. The van der Waals surface area contributed by atoms with Crippen molar-refractivity contribution < 1.29 is 14.3 Å². The summed E-state index contributed by atoms with van der Waals surface area (Å²) < 4.78 is 6.87. The first kappa shape index (κ1) is 21.6. The van der Waals surface area contributed by atoms with Gasteiger partial charge in [-0.1, -0.05) is 41.9 Å². The van der Waals surface area contributed by atoms with Gasteiger partial charge in [0.2, 0.25) is 0 Å². The molecule has 0 aliphatic rings. The van der Waals surface area contributed by atoms with Crippen molar-refractivity contribution in [1.82, 2.24) is 15.1 Å². The summed E-state index contributed by atoms with van der Waals surface area (Å²) in [5.41, 5.74) is 3.75. The molecule has 30 heavy (non-hydrogen) atoms. The highest BCUT2D eigenvalue weighted by Crippen LogP contribution is 2.22. The standard InChI is InChI=1S/C23H24ClN3O3/c1-4-30-23(29)20(14-17-8-6-5-7-9-17)25-22(28)18-10-12-19(13-11-18)27-16(3)21(24)15(2)26-27/h5-13,20H,4,14H2,1-3H3,(H,25,28). The molecule has 0 aliphatic heterocycles. The first-order valence-corrected chi connectivity index (χ1v) is 10.1. The summed E-state index contributed by atoms with van der Waals surface area (Å²) in [7, 11) is 0. The second kappa shape index (κ2) is 9.59. The van der Waals surface area contributed by atoms with Crippen molar-refractivity contribution >= 4 is 23.5 Å². The molecule has 1 unspecified atom stereocenters. The fraction of sp³-hybridized carbons (Fsp3) is 0.261. The molecule has 3 rings (SSSR count). The Labute approximate surface area is 180 Å². The second-order valence-corrected chi connectivity index (χ2v) is 7.29. The number of amides is 1. The van der Waals surface area contributed by atoms with Crippen LogP contribution in [0.15, 0.2) is 54.6 Å². The lowest BCUT2D eigenvalue weighted by Gasteiger charge is -2.17. The largest absolute Gasteiger partial charge is 0.464 e. The lowest BCUT2D eigenvalue weighted by molar-refractivity contribution is -0.145. The fourth-order valence-electron chi connectivity index (χ4n) is 3.16. The van der Waals surface area contributed by atoms with Crippen LogP contribution in [0.2, 0.25) is 5.02 Å². The van der Waals surface area contributed by atoms with Gasteiger partial charge in [0.25, 0.3) is 5.91 Å². The molecule has 0 saturated carbocycles. The van der Waals surface area contributed by atoms with E-state index in [0.717, 1.165) is 22.6 Å². The van der Waals surface area contributed by atoms with E-state index in [1.807, 2.05) is 44.2 Å². The first-order valence-electron chi connectivity index (χ1n) is 9.74. The summed E-state index contributed by atoms with van der Waals surface area (Å²) in [5.74, 6) is -0.800. The number of hydrogen-bond acceptors (Lipinski definition) is 4. The number of aromatic nitrogens is 2. The van der Waals surface area contributed by atoms with Gasteiger partial charge in [-0.15, -0.1) is 0 Å². The zero-order chi connectivity index (χ0) is 21.7. The molecule has 0 spiro atoms. The normalized spacial score (nSPS) is 11.7. The fourth-order valence-corrected chi connectivity index (χ4v) is 3.27. The van der Waals surface area contributed by atoms with Crippen molar-refractivity contribution in [2.75, 3.05) is 6.61 Å². The molecule has 1 aromatic heterocycles. The van der Waals surface area contributed by atoms with E-state index < -0.39 is 12.0 Å². The highest BCUT2D eigenvalue weighted by molar-refractivity contribution is 6.31. The number of hydrogen-bond donors (Lipinski definition) is 1. The average molecular weight is 426 g/mol. The van der Waals surface area contributed by atoms with Crippen molar-refractivity contribution in [3.8, 4) is 5.69 Å². The van der Waals surface area contributed by atoms with Crippen LogP contribution in [0.4, 0.5) is 0 Å². The molecular formula is C23H24ClN3O3. The van der Waals surface area contributed by atoms with E-state index in [2.05, 4.69) is 10.4 Å². The molecule has 0 radical (unpaired) electrons. The number of aryl methyl sites for hydroxylation is 1. The van der Waals surface area contributed by atoms with Gasteiger partial charge in [0.05, 0.1) is 28.7 Å². The summed E-state index contributed by atoms with van der Waals surface area (Å²) in [6, 6.07) is 15.7. The van der Waals surface area contributed by atoms with E-state index in [1.54, 1.807) is 35.9 Å². The minimum Gasteiger partial charge on any atom is -0.464 e. The lowest BCUT2D eigenvalue weighted by Crippen LogP contribution is -2.43. The summed E-state index contributed by atoms with van der Waals surface area (Å²) >= 11 is 6.22. The van der Waals surface area contributed by atoms with E-state index >= 15 is 0 Å². The number of rotatable bonds is 7. The molecule has 1 N–H and O–H groups in total. The molecular weight excluding hydrogens is 402 g/mol. The van der Waals surface area contributed by atoms with Gasteiger partial charge in [-0.3, -0.25) is 4.79 Å². The molecule has 0 aliphatic carbocycles. The molecule has 1 atom stereocenters. The molecule has 3 aromatic rings. The third-order valence-electron chi connectivity index (χ3n) is 4.74. The van der Waals surface area contributed by atoms with E-state index in [9.17, 15) is 9.59 Å². The van der Waals surface area contributed by atoms with Crippen molar-refractivity contribution in [3.05, 3.63) is 82.1 Å². The molecule has 0 bridgehead atoms. The summed E-state index contributed by atoms with van der Waals surface area (Å²) in [6.07, 6.45) is 0.355. The number of halogens is 1. The number of nitrogens with one attached hydrogen (secondary N) is 1. The van der Waals surface area contributed by atoms with Gasteiger partial charge >= 0.3 is 5.97 Å². The van der Waals surface area contributed by atoms with E-state index in [1.165, 1.54) is 0 Å². The quantitative estimate of drug-likeness (QED) is 0.579. The summed E-state index contributed by atoms with van der Waals surface area (Å²) in [6.45, 7) is 5.72. The molecule has 0 fully saturated rings. The maximum absolute atomic E-state index is 12.8. The Balaban J connectivity index is 1.76. The third kappa shape index (κ3) is 4.89. The zero-order valence-electron chi connectivity index (χ0n) is 17.2. The van der Waals surface area contributed by atoms with Crippen LogP contribution in [-0.2, 0) is 16.0 Å². The number of benzene rings is 2. The molecule has 7 heteroatoms. The van der Waals surface area contributed by atoms with Crippen LogP contribution in [0.5, 0.6) is 0 Å². The average Bonchev–Trinajstić information content (AvgIpc) is 3.01. The predicted molar refractivity (Wildman–Crippen MR) is 116 cm³/mol. The van der Waals surface area contributed by atoms with Crippen LogP contribution in [0.25, 0.3) is 5.69 Å². The number of carbonyl (C=O) groups excluding carboxylic acids is 2. The monoisotopic (exact) mass is 425 g/mol. The number of esters is 1. The van der Waals surface area contributed by atoms with Crippen LogP contribution in [0.3, 0.4) is 0 Å². The van der Waals surface area contributed by atoms with Crippen molar-refractivity contribution in [2.45, 2.75) is 33.2 Å². The van der Waals surface area contributed by atoms with E-state index in [0.29, 0.717) is 17.0 Å². The van der Waals surface area contributed by atoms with Crippen LogP contribution in [0.1, 0.15) is 34.2 Å². The van der Waals surface area contributed by atoms with Gasteiger partial charge in [-0.05, 0) is 50.6 Å². The molecule has 156 valence electrons. The Bertz CT molecular complexity index is 1030. The SMILES string of the molecule is CCOC(=O)C(Cc1ccccc1)NC(=O)c1ccc(-n2nc(C)c(Cl)c2C)cc1. The Kier molecular flexibility index (Phi) is 6.90. The Morgan fingerprint density at radius 1 is 1.10 bits per heavy atom. The molecule has 1 amide bonds. The van der Waals surface area contributed by atoms with Crippen LogP contribution < -0.4 is 5.32 Å². The molecule has 1 heterocycles. The smallest absolute Gasteiger partial charge is 0.328 e. The zero-order valence-corrected chi connectivity index (χ0v) is 17.9. The lowest BCUT2D eigenvalue weighted by atomic mass is 10.1. The van der Waals surface area contributed by atoms with Gasteiger partial charge in [-0.2, -0.15) is 5.10 Å². The van der Waals surface area contributed by atoms with Crippen molar-refractivity contribution in [2.24, 2.45) is 0 Å². The maximum atomic E-state index is 12.8. The third-order valence-corrected chi connectivity index (χ3v) is 5.28. The van der Waals surface area contributed by atoms with Gasteiger partial charge in [0.1, 0.15) is 6.04 Å². The maximum Gasteiger partial charge on any atom is 0.328 e.